The number of fused-ring (bicyclic) bond motifs is 1. The van der Waals surface area contributed by atoms with Crippen molar-refractivity contribution in [2.45, 2.75) is 37.5 Å². The van der Waals surface area contributed by atoms with E-state index in [1.165, 1.54) is 0 Å². The molecule has 0 atom stereocenters. The molecule has 3 aromatic rings. The van der Waals surface area contributed by atoms with Crippen LogP contribution in [0.25, 0.3) is 5.69 Å². The third-order valence-corrected chi connectivity index (χ3v) is 6.96. The van der Waals surface area contributed by atoms with Gasteiger partial charge in [-0.25, -0.2) is 4.68 Å². The molecule has 0 bridgehead atoms. The number of anilines is 1. The SMILES string of the molecule is CNC(=O)CC1(c2ccc(N3CCc4nnn(-c5ccc(OC)cc5)c4C3=O)cc2)CCC1. The van der Waals surface area contributed by atoms with Crippen molar-refractivity contribution in [2.75, 3.05) is 25.6 Å². The second-order valence-corrected chi connectivity index (χ2v) is 8.73. The van der Waals surface area contributed by atoms with Crippen molar-refractivity contribution < 1.29 is 14.3 Å². The summed E-state index contributed by atoms with van der Waals surface area (Å²) < 4.78 is 6.83. The Bertz CT molecular complexity index is 1180. The molecule has 5 rings (SSSR count). The number of nitrogens with one attached hydrogen (secondary N) is 1. The van der Waals surface area contributed by atoms with Crippen LogP contribution >= 0.6 is 0 Å². The zero-order valence-corrected chi connectivity index (χ0v) is 18.9. The lowest BCUT2D eigenvalue weighted by molar-refractivity contribution is -0.122. The van der Waals surface area contributed by atoms with E-state index in [0.717, 1.165) is 42.0 Å². The molecule has 0 spiro atoms. The number of carbonyl (C=O) groups excluding carboxylic acids is 2. The summed E-state index contributed by atoms with van der Waals surface area (Å²) in [5.41, 5.74) is 3.88. The topological polar surface area (TPSA) is 89.3 Å². The van der Waals surface area contributed by atoms with Crippen LogP contribution < -0.4 is 15.0 Å². The van der Waals surface area contributed by atoms with E-state index in [2.05, 4.69) is 27.8 Å². The van der Waals surface area contributed by atoms with Crippen molar-refractivity contribution in [1.82, 2.24) is 20.3 Å². The number of amides is 2. The number of hydrogen-bond donors (Lipinski definition) is 1. The molecule has 2 amide bonds. The van der Waals surface area contributed by atoms with Crippen molar-refractivity contribution in [3.05, 3.63) is 65.5 Å². The van der Waals surface area contributed by atoms with E-state index < -0.39 is 0 Å². The summed E-state index contributed by atoms with van der Waals surface area (Å²) in [6.45, 7) is 0.551. The van der Waals surface area contributed by atoms with Crippen LogP contribution in [0.4, 0.5) is 5.69 Å². The van der Waals surface area contributed by atoms with Gasteiger partial charge in [-0.3, -0.25) is 9.59 Å². The fourth-order valence-corrected chi connectivity index (χ4v) is 4.85. The molecule has 8 heteroatoms. The molecule has 1 fully saturated rings. The van der Waals surface area contributed by atoms with E-state index in [1.54, 1.807) is 23.7 Å². The first-order valence-corrected chi connectivity index (χ1v) is 11.3. The van der Waals surface area contributed by atoms with E-state index in [1.807, 2.05) is 36.4 Å². The average Bonchev–Trinajstić information content (AvgIpc) is 3.27. The van der Waals surface area contributed by atoms with Crippen molar-refractivity contribution in [3.8, 4) is 11.4 Å². The minimum atomic E-state index is -0.117. The summed E-state index contributed by atoms with van der Waals surface area (Å²) in [6, 6.07) is 15.5. The Balaban J connectivity index is 1.41. The highest BCUT2D eigenvalue weighted by atomic mass is 16.5. The second kappa shape index (κ2) is 8.35. The van der Waals surface area contributed by atoms with Gasteiger partial charge in [-0.2, -0.15) is 0 Å². The van der Waals surface area contributed by atoms with E-state index in [-0.39, 0.29) is 17.2 Å². The van der Waals surface area contributed by atoms with Crippen molar-refractivity contribution >= 4 is 17.5 Å². The summed E-state index contributed by atoms with van der Waals surface area (Å²) in [4.78, 5) is 27.3. The molecule has 2 heterocycles. The number of aromatic nitrogens is 3. The van der Waals surface area contributed by atoms with Gasteiger partial charge in [0.25, 0.3) is 5.91 Å². The number of methoxy groups -OCH3 is 1. The summed E-state index contributed by atoms with van der Waals surface area (Å²) in [6.07, 6.45) is 4.30. The molecule has 2 aliphatic rings. The highest BCUT2D eigenvalue weighted by Crippen LogP contribution is 2.46. The third-order valence-electron chi connectivity index (χ3n) is 6.96. The van der Waals surface area contributed by atoms with Gasteiger partial charge < -0.3 is 15.0 Å². The monoisotopic (exact) mass is 445 g/mol. The Labute approximate surface area is 192 Å². The molecule has 1 saturated carbocycles. The van der Waals surface area contributed by atoms with Crippen molar-refractivity contribution in [1.29, 1.82) is 0 Å². The quantitative estimate of drug-likeness (QED) is 0.630. The summed E-state index contributed by atoms with van der Waals surface area (Å²) in [5, 5.41) is 11.2. The van der Waals surface area contributed by atoms with Gasteiger partial charge in [0.2, 0.25) is 5.91 Å². The van der Waals surface area contributed by atoms with E-state index >= 15 is 0 Å². The zero-order chi connectivity index (χ0) is 23.0. The van der Waals surface area contributed by atoms with Gasteiger partial charge in [0.1, 0.15) is 5.75 Å². The molecule has 1 N–H and O–H groups in total. The first kappa shape index (κ1) is 21.2. The summed E-state index contributed by atoms with van der Waals surface area (Å²) >= 11 is 0. The Morgan fingerprint density at radius 1 is 1.09 bits per heavy atom. The second-order valence-electron chi connectivity index (χ2n) is 8.73. The first-order valence-electron chi connectivity index (χ1n) is 11.3. The molecule has 1 aromatic heterocycles. The smallest absolute Gasteiger partial charge is 0.278 e. The minimum Gasteiger partial charge on any atom is -0.497 e. The summed E-state index contributed by atoms with van der Waals surface area (Å²) in [7, 11) is 3.30. The molecule has 0 radical (unpaired) electrons. The van der Waals surface area contributed by atoms with Gasteiger partial charge in [-0.05, 0) is 54.8 Å². The largest absolute Gasteiger partial charge is 0.497 e. The average molecular weight is 446 g/mol. The number of rotatable bonds is 6. The predicted molar refractivity (Wildman–Crippen MR) is 124 cm³/mol. The number of ether oxygens (including phenoxy) is 1. The maximum absolute atomic E-state index is 13.5. The lowest BCUT2D eigenvalue weighted by Gasteiger charge is -2.42. The molecule has 170 valence electrons. The predicted octanol–water partition coefficient (Wildman–Crippen LogP) is 3.04. The number of carbonyl (C=O) groups is 2. The van der Waals surface area contributed by atoms with Crippen molar-refractivity contribution in [2.24, 2.45) is 0 Å². The first-order chi connectivity index (χ1) is 16.0. The van der Waals surface area contributed by atoms with E-state index in [9.17, 15) is 9.59 Å². The highest BCUT2D eigenvalue weighted by molar-refractivity contribution is 6.07. The Morgan fingerprint density at radius 3 is 2.39 bits per heavy atom. The van der Waals surface area contributed by atoms with Crippen LogP contribution in [0.15, 0.2) is 48.5 Å². The van der Waals surface area contributed by atoms with Gasteiger partial charge in [0, 0.05) is 37.5 Å². The Kier molecular flexibility index (Phi) is 5.36. The van der Waals surface area contributed by atoms with Gasteiger partial charge in [-0.1, -0.05) is 23.8 Å². The number of nitrogens with zero attached hydrogens (tertiary/aromatic N) is 4. The minimum absolute atomic E-state index is 0.0665. The van der Waals surface area contributed by atoms with Crippen LogP contribution in [-0.2, 0) is 16.6 Å². The zero-order valence-electron chi connectivity index (χ0n) is 18.9. The lowest BCUT2D eigenvalue weighted by atomic mass is 9.62. The van der Waals surface area contributed by atoms with E-state index in [0.29, 0.717) is 30.8 Å². The van der Waals surface area contributed by atoms with Gasteiger partial charge in [-0.15, -0.1) is 5.10 Å². The molecule has 8 nitrogen and oxygen atoms in total. The fraction of sp³-hybridized carbons (Fsp3) is 0.360. The van der Waals surface area contributed by atoms with Crippen molar-refractivity contribution in [3.63, 3.8) is 0 Å². The molecular weight excluding hydrogens is 418 g/mol. The van der Waals surface area contributed by atoms with Crippen LogP contribution in [-0.4, -0.2) is 47.5 Å². The molecular formula is C25H27N5O3. The molecule has 0 saturated heterocycles. The van der Waals surface area contributed by atoms with Gasteiger partial charge >= 0.3 is 0 Å². The van der Waals surface area contributed by atoms with Crippen LogP contribution in [0.1, 0.15) is 47.4 Å². The molecule has 1 aliphatic heterocycles. The Hall–Kier alpha value is -3.68. The maximum atomic E-state index is 13.5. The molecule has 2 aromatic carbocycles. The van der Waals surface area contributed by atoms with Crippen LogP contribution in [0, 0.1) is 0 Å². The lowest BCUT2D eigenvalue weighted by Crippen LogP contribution is -2.40. The fourth-order valence-electron chi connectivity index (χ4n) is 4.85. The molecule has 33 heavy (non-hydrogen) atoms. The van der Waals surface area contributed by atoms with Gasteiger partial charge in [0.05, 0.1) is 18.5 Å². The summed E-state index contributed by atoms with van der Waals surface area (Å²) in [5.74, 6) is 0.687. The molecule has 1 aliphatic carbocycles. The van der Waals surface area contributed by atoms with Gasteiger partial charge in [0.15, 0.2) is 5.69 Å². The Morgan fingerprint density at radius 2 is 1.79 bits per heavy atom. The standard InChI is InChI=1S/C25H27N5O3/c1-26-22(31)16-25(13-3-14-25)17-4-6-18(7-5-17)29-15-12-21-23(24(29)32)30(28-27-21)19-8-10-20(33-2)11-9-19/h4-11H,3,12-16H2,1-2H3,(H,26,31). The third kappa shape index (κ3) is 3.65. The normalized spacial score (nSPS) is 16.7. The van der Waals surface area contributed by atoms with Crippen LogP contribution in [0.2, 0.25) is 0 Å². The molecule has 0 unspecified atom stereocenters. The van der Waals surface area contributed by atoms with Crippen LogP contribution in [0.3, 0.4) is 0 Å². The van der Waals surface area contributed by atoms with Crippen LogP contribution in [0.5, 0.6) is 5.75 Å². The number of benzene rings is 2. The maximum Gasteiger partial charge on any atom is 0.278 e. The number of hydrogen-bond acceptors (Lipinski definition) is 5. The van der Waals surface area contributed by atoms with E-state index in [4.69, 9.17) is 4.74 Å². The highest BCUT2D eigenvalue weighted by Gasteiger charge is 2.40.